The van der Waals surface area contributed by atoms with E-state index in [1.54, 1.807) is 37.4 Å². The Hall–Kier alpha value is -4.13. The second kappa shape index (κ2) is 10.9. The molecular formula is C24H25F3N4O6. The Bertz CT molecular complexity index is 1420. The van der Waals surface area contributed by atoms with Gasteiger partial charge in [0, 0.05) is 25.8 Å². The molecule has 198 valence electrons. The lowest BCUT2D eigenvalue weighted by Crippen LogP contribution is -2.38. The average Bonchev–Trinajstić information content (AvgIpc) is 3.38. The molecule has 3 aromatic rings. The number of benzene rings is 2. The largest absolute Gasteiger partial charge is 0.490 e. The predicted octanol–water partition coefficient (Wildman–Crippen LogP) is 1.88. The van der Waals surface area contributed by atoms with Gasteiger partial charge in [0.05, 0.1) is 16.6 Å². The maximum absolute atomic E-state index is 13.1. The molecule has 1 atom stereocenters. The molecule has 1 unspecified atom stereocenters. The van der Waals surface area contributed by atoms with E-state index in [0.29, 0.717) is 16.6 Å². The van der Waals surface area contributed by atoms with Gasteiger partial charge in [-0.05, 0) is 55.2 Å². The fourth-order valence-electron chi connectivity index (χ4n) is 3.96. The topological polar surface area (TPSA) is 148 Å². The van der Waals surface area contributed by atoms with Crippen LogP contribution in [0.25, 0.3) is 16.6 Å². The third-order valence-electron chi connectivity index (χ3n) is 5.94. The molecule has 0 radical (unpaired) electrons. The van der Waals surface area contributed by atoms with Gasteiger partial charge in [0.15, 0.2) is 0 Å². The lowest BCUT2D eigenvalue weighted by molar-refractivity contribution is -0.192. The number of carboxylic acids is 2. The second-order valence-corrected chi connectivity index (χ2v) is 8.50. The summed E-state index contributed by atoms with van der Waals surface area (Å²) in [4.78, 5) is 48.2. The summed E-state index contributed by atoms with van der Waals surface area (Å²) in [6.45, 7) is 1.96. The Morgan fingerprint density at radius 3 is 2.05 bits per heavy atom. The highest BCUT2D eigenvalue weighted by atomic mass is 19.4. The molecule has 0 aliphatic carbocycles. The first-order valence-corrected chi connectivity index (χ1v) is 11.2. The van der Waals surface area contributed by atoms with E-state index in [0.717, 1.165) is 41.7 Å². The fraction of sp³-hybridized carbons (Fsp3) is 0.333. The molecule has 4 N–H and O–H groups in total. The molecule has 10 nitrogen and oxygen atoms in total. The van der Waals surface area contributed by atoms with Gasteiger partial charge in [-0.3, -0.25) is 14.2 Å². The van der Waals surface area contributed by atoms with Crippen molar-refractivity contribution >= 4 is 28.5 Å². The molecule has 13 heteroatoms. The molecule has 4 rings (SSSR count). The Morgan fingerprint density at radius 2 is 1.54 bits per heavy atom. The molecule has 1 fully saturated rings. The number of halogens is 3. The molecule has 0 spiro atoms. The van der Waals surface area contributed by atoms with Crippen LogP contribution in [0.4, 0.5) is 18.9 Å². The second-order valence-electron chi connectivity index (χ2n) is 8.50. The zero-order chi connectivity index (χ0) is 27.5. The van der Waals surface area contributed by atoms with Gasteiger partial charge in [0.1, 0.15) is 6.04 Å². The third-order valence-corrected chi connectivity index (χ3v) is 5.94. The van der Waals surface area contributed by atoms with Crippen LogP contribution in [0.1, 0.15) is 18.4 Å². The highest BCUT2D eigenvalue weighted by molar-refractivity contribution is 5.82. The van der Waals surface area contributed by atoms with E-state index in [1.165, 1.54) is 4.57 Å². The van der Waals surface area contributed by atoms with Gasteiger partial charge in [-0.15, -0.1) is 0 Å². The molecule has 0 amide bonds. The van der Waals surface area contributed by atoms with Crippen LogP contribution >= 0.6 is 0 Å². The number of aliphatic carboxylic acids is 2. The number of fused-ring (bicyclic) bond motifs is 1. The Balaban J connectivity index is 0.000000479. The summed E-state index contributed by atoms with van der Waals surface area (Å²) in [5.41, 5.74) is 7.54. The SMILES string of the molecule is Cn1c(=O)n(-c2ccc(CC(N)C(=O)O)cc2)c(=O)c2ccc(N3CCCC3)cc21.O=C(O)C(F)(F)F. The van der Waals surface area contributed by atoms with Crippen molar-refractivity contribution in [3.05, 3.63) is 68.9 Å². The van der Waals surface area contributed by atoms with Gasteiger partial charge in [-0.25, -0.2) is 14.2 Å². The number of aryl methyl sites for hydroxylation is 1. The maximum atomic E-state index is 13.1. The van der Waals surface area contributed by atoms with Crippen molar-refractivity contribution in [1.82, 2.24) is 9.13 Å². The standard InChI is InChI=1S/C22H24N4O4.C2HF3O2/c1-24-19-13-16(25-10-2-3-11-25)8-9-17(19)20(27)26(22(24)30)15-6-4-14(5-7-15)12-18(23)21(28)29;3-2(4,5)1(6)7/h4-9,13,18H,2-3,10-12,23H2,1H3,(H,28,29);(H,6,7). The van der Waals surface area contributed by atoms with Gasteiger partial charge >= 0.3 is 23.8 Å². The van der Waals surface area contributed by atoms with E-state index in [-0.39, 0.29) is 12.0 Å². The molecule has 1 aliphatic heterocycles. The lowest BCUT2D eigenvalue weighted by Gasteiger charge is -2.19. The van der Waals surface area contributed by atoms with Gasteiger partial charge in [0.2, 0.25) is 0 Å². The maximum Gasteiger partial charge on any atom is 0.490 e. The van der Waals surface area contributed by atoms with E-state index >= 15 is 0 Å². The van der Waals surface area contributed by atoms with Crippen molar-refractivity contribution < 1.29 is 33.0 Å². The minimum Gasteiger partial charge on any atom is -0.480 e. The Morgan fingerprint density at radius 1 is 1.00 bits per heavy atom. The monoisotopic (exact) mass is 522 g/mol. The number of rotatable bonds is 5. The summed E-state index contributed by atoms with van der Waals surface area (Å²) in [6.07, 6.45) is -2.63. The van der Waals surface area contributed by atoms with Crippen LogP contribution in [0.3, 0.4) is 0 Å². The molecule has 0 saturated carbocycles. The van der Waals surface area contributed by atoms with E-state index in [2.05, 4.69) is 4.90 Å². The van der Waals surface area contributed by atoms with Gasteiger partial charge < -0.3 is 20.8 Å². The number of anilines is 1. The summed E-state index contributed by atoms with van der Waals surface area (Å²) in [5, 5.41) is 16.5. The zero-order valence-corrected chi connectivity index (χ0v) is 19.7. The van der Waals surface area contributed by atoms with Crippen molar-refractivity contribution in [2.45, 2.75) is 31.5 Å². The number of carboxylic acid groups (broad SMARTS) is 2. The summed E-state index contributed by atoms with van der Waals surface area (Å²) in [5.74, 6) is -3.83. The quantitative estimate of drug-likeness (QED) is 0.460. The fourth-order valence-corrected chi connectivity index (χ4v) is 3.96. The highest BCUT2D eigenvalue weighted by Crippen LogP contribution is 2.23. The predicted molar refractivity (Wildman–Crippen MR) is 129 cm³/mol. The summed E-state index contributed by atoms with van der Waals surface area (Å²) in [6, 6.07) is 11.3. The molecule has 2 aromatic carbocycles. The molecule has 0 bridgehead atoms. The van der Waals surface area contributed by atoms with Gasteiger partial charge in [0.25, 0.3) is 5.56 Å². The van der Waals surface area contributed by atoms with Crippen LogP contribution < -0.4 is 21.9 Å². The van der Waals surface area contributed by atoms with Crippen molar-refractivity contribution in [2.24, 2.45) is 12.8 Å². The number of alkyl halides is 3. The first-order chi connectivity index (χ1) is 17.3. The van der Waals surface area contributed by atoms with Crippen LogP contribution in [0.2, 0.25) is 0 Å². The molecule has 2 heterocycles. The van der Waals surface area contributed by atoms with E-state index in [1.807, 2.05) is 12.1 Å². The van der Waals surface area contributed by atoms with Crippen LogP contribution in [0.5, 0.6) is 0 Å². The molecular weight excluding hydrogens is 497 g/mol. The van der Waals surface area contributed by atoms with Crippen molar-refractivity contribution in [3.8, 4) is 5.69 Å². The van der Waals surface area contributed by atoms with Crippen LogP contribution in [-0.4, -0.2) is 56.6 Å². The number of carbonyl (C=O) groups is 2. The van der Waals surface area contributed by atoms with E-state index < -0.39 is 29.8 Å². The lowest BCUT2D eigenvalue weighted by atomic mass is 10.1. The number of nitrogens with two attached hydrogens (primary N) is 1. The average molecular weight is 522 g/mol. The third kappa shape index (κ3) is 6.17. The Kier molecular flexibility index (Phi) is 8.06. The number of nitrogens with zero attached hydrogens (tertiary/aromatic N) is 3. The molecule has 1 aliphatic rings. The van der Waals surface area contributed by atoms with E-state index in [4.69, 9.17) is 20.7 Å². The first-order valence-electron chi connectivity index (χ1n) is 11.2. The summed E-state index contributed by atoms with van der Waals surface area (Å²) < 4.78 is 34.4. The van der Waals surface area contributed by atoms with E-state index in [9.17, 15) is 27.6 Å². The van der Waals surface area contributed by atoms with Crippen LogP contribution in [0, 0.1) is 0 Å². The zero-order valence-electron chi connectivity index (χ0n) is 19.7. The summed E-state index contributed by atoms with van der Waals surface area (Å²) >= 11 is 0. The van der Waals surface area contributed by atoms with Crippen molar-refractivity contribution in [3.63, 3.8) is 0 Å². The molecule has 1 saturated heterocycles. The van der Waals surface area contributed by atoms with Gasteiger partial charge in [-0.1, -0.05) is 12.1 Å². The normalized spacial score (nSPS) is 14.2. The molecule has 37 heavy (non-hydrogen) atoms. The van der Waals surface area contributed by atoms with Gasteiger partial charge in [-0.2, -0.15) is 13.2 Å². The minimum absolute atomic E-state index is 0.166. The number of aromatic nitrogens is 2. The number of hydrogen-bond acceptors (Lipinski definition) is 6. The number of hydrogen-bond donors (Lipinski definition) is 3. The summed E-state index contributed by atoms with van der Waals surface area (Å²) in [7, 11) is 1.66. The highest BCUT2D eigenvalue weighted by Gasteiger charge is 2.38. The Labute approximate surface area is 208 Å². The minimum atomic E-state index is -5.08. The van der Waals surface area contributed by atoms with Crippen LogP contribution in [-0.2, 0) is 23.1 Å². The van der Waals surface area contributed by atoms with Crippen molar-refractivity contribution in [2.75, 3.05) is 18.0 Å². The van der Waals surface area contributed by atoms with Crippen LogP contribution in [0.15, 0.2) is 52.1 Å². The smallest absolute Gasteiger partial charge is 0.480 e. The molecule has 1 aromatic heterocycles. The van der Waals surface area contributed by atoms with Crippen molar-refractivity contribution in [1.29, 1.82) is 0 Å². The first kappa shape index (κ1) is 27.5.